The van der Waals surface area contributed by atoms with Gasteiger partial charge in [-0.25, -0.2) is 0 Å². The van der Waals surface area contributed by atoms with Gasteiger partial charge >= 0.3 is 5.97 Å². The topological polar surface area (TPSA) is 84.9 Å². The predicted molar refractivity (Wildman–Crippen MR) is 73.8 cm³/mol. The van der Waals surface area contributed by atoms with Crippen LogP contribution in [0.1, 0.15) is 12.5 Å². The molecule has 0 unspecified atom stereocenters. The fourth-order valence-corrected chi connectivity index (χ4v) is 1.45. The van der Waals surface area contributed by atoms with Crippen LogP contribution in [-0.2, 0) is 9.59 Å². The lowest BCUT2D eigenvalue weighted by molar-refractivity contribution is -0.140. The molecule has 0 radical (unpaired) electrons. The van der Waals surface area contributed by atoms with Gasteiger partial charge in [0.25, 0.3) is 0 Å². The normalized spacial score (nSPS) is 11.9. The van der Waals surface area contributed by atoms with Gasteiger partial charge in [0.15, 0.2) is 11.5 Å². The van der Waals surface area contributed by atoms with Gasteiger partial charge in [0, 0.05) is 6.08 Å². The van der Waals surface area contributed by atoms with Crippen molar-refractivity contribution in [2.45, 2.75) is 13.0 Å². The summed E-state index contributed by atoms with van der Waals surface area (Å²) >= 11 is 0. The fraction of sp³-hybridized carbons (Fsp3) is 0.286. The van der Waals surface area contributed by atoms with Crippen LogP contribution in [0.5, 0.6) is 11.5 Å². The molecule has 0 fully saturated rings. The average molecular weight is 279 g/mol. The Labute approximate surface area is 117 Å². The molecule has 1 aromatic carbocycles. The molecule has 20 heavy (non-hydrogen) atoms. The largest absolute Gasteiger partial charge is 0.493 e. The number of rotatable bonds is 6. The van der Waals surface area contributed by atoms with Crippen molar-refractivity contribution in [1.29, 1.82) is 0 Å². The maximum absolute atomic E-state index is 11.5. The Morgan fingerprint density at radius 3 is 2.45 bits per heavy atom. The molecule has 0 heterocycles. The SMILES string of the molecule is COc1ccc(/C=C/C(=O)N[C@H](C)C(=O)O)cc1OC. The van der Waals surface area contributed by atoms with E-state index >= 15 is 0 Å². The summed E-state index contributed by atoms with van der Waals surface area (Å²) in [4.78, 5) is 22.1. The molecule has 0 aliphatic carbocycles. The van der Waals surface area contributed by atoms with Crippen molar-refractivity contribution < 1.29 is 24.2 Å². The van der Waals surface area contributed by atoms with Crippen LogP contribution in [0.3, 0.4) is 0 Å². The van der Waals surface area contributed by atoms with Crippen LogP contribution >= 0.6 is 0 Å². The van der Waals surface area contributed by atoms with E-state index in [1.165, 1.54) is 27.2 Å². The van der Waals surface area contributed by atoms with Crippen molar-refractivity contribution in [1.82, 2.24) is 5.32 Å². The lowest BCUT2D eigenvalue weighted by atomic mass is 10.2. The number of carbonyl (C=O) groups is 2. The summed E-state index contributed by atoms with van der Waals surface area (Å²) in [5, 5.41) is 11.0. The van der Waals surface area contributed by atoms with E-state index in [-0.39, 0.29) is 0 Å². The molecule has 0 aliphatic heterocycles. The zero-order valence-electron chi connectivity index (χ0n) is 11.5. The Kier molecular flexibility index (Phi) is 5.58. The number of carbonyl (C=O) groups excluding carboxylic acids is 1. The van der Waals surface area contributed by atoms with Gasteiger partial charge in [-0.1, -0.05) is 6.07 Å². The van der Waals surface area contributed by atoms with E-state index in [2.05, 4.69) is 5.32 Å². The number of hydrogen-bond acceptors (Lipinski definition) is 4. The number of nitrogens with one attached hydrogen (secondary N) is 1. The Bertz CT molecular complexity index is 524. The van der Waals surface area contributed by atoms with Crippen molar-refractivity contribution in [2.75, 3.05) is 14.2 Å². The number of ether oxygens (including phenoxy) is 2. The first-order chi connectivity index (χ1) is 9.47. The summed E-state index contributed by atoms with van der Waals surface area (Å²) in [5.74, 6) is -0.421. The number of aliphatic carboxylic acids is 1. The van der Waals surface area contributed by atoms with Crippen molar-refractivity contribution in [3.63, 3.8) is 0 Å². The molecule has 0 bridgehead atoms. The molecular formula is C14H17NO5. The number of amides is 1. The molecule has 1 amide bonds. The van der Waals surface area contributed by atoms with E-state index in [1.54, 1.807) is 24.3 Å². The van der Waals surface area contributed by atoms with Crippen LogP contribution in [-0.4, -0.2) is 37.2 Å². The van der Waals surface area contributed by atoms with Crippen LogP contribution in [0.25, 0.3) is 6.08 Å². The standard InChI is InChI=1S/C14H17NO5/c1-9(14(17)18)15-13(16)7-5-10-4-6-11(19-2)12(8-10)20-3/h4-9H,1-3H3,(H,15,16)(H,17,18)/b7-5+/t9-/m1/s1. The third-order valence-electron chi connectivity index (χ3n) is 2.56. The summed E-state index contributed by atoms with van der Waals surface area (Å²) in [6.45, 7) is 1.39. The number of carboxylic acid groups (broad SMARTS) is 1. The van der Waals surface area contributed by atoms with E-state index in [0.29, 0.717) is 11.5 Å². The van der Waals surface area contributed by atoms with E-state index < -0.39 is 17.9 Å². The van der Waals surface area contributed by atoms with Gasteiger partial charge in [-0.2, -0.15) is 0 Å². The summed E-state index contributed by atoms with van der Waals surface area (Å²) < 4.78 is 10.2. The van der Waals surface area contributed by atoms with Crippen LogP contribution in [0, 0.1) is 0 Å². The highest BCUT2D eigenvalue weighted by Crippen LogP contribution is 2.27. The summed E-state index contributed by atoms with van der Waals surface area (Å²) in [7, 11) is 3.06. The first-order valence-corrected chi connectivity index (χ1v) is 5.91. The number of benzene rings is 1. The molecule has 6 nitrogen and oxygen atoms in total. The van der Waals surface area contributed by atoms with Gasteiger partial charge in [0.05, 0.1) is 14.2 Å². The van der Waals surface area contributed by atoms with Gasteiger partial charge < -0.3 is 19.9 Å². The molecule has 1 aromatic rings. The van der Waals surface area contributed by atoms with Gasteiger partial charge in [-0.15, -0.1) is 0 Å². The van der Waals surface area contributed by atoms with Gasteiger partial charge in [-0.3, -0.25) is 9.59 Å². The van der Waals surface area contributed by atoms with Gasteiger partial charge in [0.1, 0.15) is 6.04 Å². The molecular weight excluding hydrogens is 262 g/mol. The minimum absolute atomic E-state index is 0.477. The minimum Gasteiger partial charge on any atom is -0.493 e. The molecule has 2 N–H and O–H groups in total. The Morgan fingerprint density at radius 1 is 1.25 bits per heavy atom. The molecule has 1 atom stereocenters. The van der Waals surface area contributed by atoms with Crippen molar-refractivity contribution in [2.24, 2.45) is 0 Å². The summed E-state index contributed by atoms with van der Waals surface area (Å²) in [5.41, 5.74) is 0.737. The molecule has 0 saturated carbocycles. The Hall–Kier alpha value is -2.50. The van der Waals surface area contributed by atoms with E-state index in [4.69, 9.17) is 14.6 Å². The van der Waals surface area contributed by atoms with Crippen LogP contribution in [0.2, 0.25) is 0 Å². The highest BCUT2D eigenvalue weighted by molar-refractivity contribution is 5.94. The number of carboxylic acids is 1. The van der Waals surface area contributed by atoms with Crippen LogP contribution in [0.15, 0.2) is 24.3 Å². The lowest BCUT2D eigenvalue weighted by Crippen LogP contribution is -2.37. The maximum atomic E-state index is 11.5. The van der Waals surface area contributed by atoms with Crippen molar-refractivity contribution in [3.8, 4) is 11.5 Å². The molecule has 1 rings (SSSR count). The molecule has 0 saturated heterocycles. The second kappa shape index (κ2) is 7.18. The average Bonchev–Trinajstić information content (AvgIpc) is 2.44. The van der Waals surface area contributed by atoms with Crippen molar-refractivity contribution >= 4 is 18.0 Å². The Balaban J connectivity index is 2.75. The van der Waals surface area contributed by atoms with E-state index in [1.807, 2.05) is 0 Å². The third kappa shape index (κ3) is 4.31. The lowest BCUT2D eigenvalue weighted by Gasteiger charge is -2.08. The quantitative estimate of drug-likeness (QED) is 0.767. The molecule has 0 aliphatic rings. The third-order valence-corrected chi connectivity index (χ3v) is 2.56. The molecule has 0 aromatic heterocycles. The second-order valence-electron chi connectivity index (χ2n) is 4.02. The van der Waals surface area contributed by atoms with Crippen LogP contribution in [0.4, 0.5) is 0 Å². The molecule has 108 valence electrons. The molecule has 0 spiro atoms. The fourth-order valence-electron chi connectivity index (χ4n) is 1.45. The number of hydrogen-bond donors (Lipinski definition) is 2. The predicted octanol–water partition coefficient (Wildman–Crippen LogP) is 1.31. The second-order valence-corrected chi connectivity index (χ2v) is 4.02. The summed E-state index contributed by atoms with van der Waals surface area (Å²) in [6, 6.07) is 4.25. The van der Waals surface area contributed by atoms with Crippen molar-refractivity contribution in [3.05, 3.63) is 29.8 Å². The zero-order chi connectivity index (χ0) is 15.1. The Morgan fingerprint density at radius 2 is 1.90 bits per heavy atom. The first-order valence-electron chi connectivity index (χ1n) is 5.91. The van der Waals surface area contributed by atoms with E-state index in [0.717, 1.165) is 5.56 Å². The molecule has 6 heteroatoms. The maximum Gasteiger partial charge on any atom is 0.325 e. The van der Waals surface area contributed by atoms with Gasteiger partial charge in [0.2, 0.25) is 5.91 Å². The first kappa shape index (κ1) is 15.6. The summed E-state index contributed by atoms with van der Waals surface area (Å²) in [6.07, 6.45) is 2.83. The zero-order valence-corrected chi connectivity index (χ0v) is 11.5. The highest BCUT2D eigenvalue weighted by atomic mass is 16.5. The van der Waals surface area contributed by atoms with Gasteiger partial charge in [-0.05, 0) is 30.7 Å². The smallest absolute Gasteiger partial charge is 0.325 e. The minimum atomic E-state index is -1.09. The van der Waals surface area contributed by atoms with E-state index in [9.17, 15) is 9.59 Å². The van der Waals surface area contributed by atoms with Crippen LogP contribution < -0.4 is 14.8 Å². The highest BCUT2D eigenvalue weighted by Gasteiger charge is 2.11. The number of methoxy groups -OCH3 is 2. The monoisotopic (exact) mass is 279 g/mol.